The van der Waals surface area contributed by atoms with E-state index in [4.69, 9.17) is 9.84 Å². The minimum absolute atomic E-state index is 0.104. The zero-order valence-electron chi connectivity index (χ0n) is 11.8. The number of carboxylic acid groups (broad SMARTS) is 1. The largest absolute Gasteiger partial charge is 0.481 e. The molecule has 2 heterocycles. The molecule has 2 aromatic rings. The molecular weight excluding hydrogens is 286 g/mol. The Morgan fingerprint density at radius 1 is 1.27 bits per heavy atom. The number of hydrogen-bond acceptors (Lipinski definition) is 5. The average molecular weight is 301 g/mol. The summed E-state index contributed by atoms with van der Waals surface area (Å²) in [6, 6.07) is 5.16. The van der Waals surface area contributed by atoms with Crippen LogP contribution in [-0.4, -0.2) is 57.7 Å². The van der Waals surface area contributed by atoms with E-state index in [9.17, 15) is 9.59 Å². The number of benzene rings is 1. The van der Waals surface area contributed by atoms with E-state index < -0.39 is 12.1 Å². The third kappa shape index (κ3) is 3.04. The van der Waals surface area contributed by atoms with Crippen molar-refractivity contribution in [2.24, 2.45) is 0 Å². The fraction of sp³-hybridized carbons (Fsp3) is 0.333. The van der Waals surface area contributed by atoms with Gasteiger partial charge in [0.15, 0.2) is 0 Å². The number of ether oxygens (including phenoxy) is 1. The second-order valence-electron chi connectivity index (χ2n) is 5.10. The smallest absolute Gasteiger partial charge is 0.306 e. The van der Waals surface area contributed by atoms with E-state index in [1.807, 2.05) is 0 Å². The van der Waals surface area contributed by atoms with Crippen LogP contribution in [0.1, 0.15) is 16.8 Å². The lowest BCUT2D eigenvalue weighted by atomic mass is 10.1. The number of nitrogens with zero attached hydrogens (tertiary/aromatic N) is 3. The Labute approximate surface area is 126 Å². The summed E-state index contributed by atoms with van der Waals surface area (Å²) in [5.74, 6) is -1.08. The number of fused-ring (bicyclic) bond motifs is 1. The predicted octanol–water partition coefficient (Wildman–Crippen LogP) is 0.946. The van der Waals surface area contributed by atoms with Gasteiger partial charge in [0.2, 0.25) is 0 Å². The molecule has 0 bridgehead atoms. The van der Waals surface area contributed by atoms with Gasteiger partial charge in [-0.3, -0.25) is 19.6 Å². The van der Waals surface area contributed by atoms with Gasteiger partial charge in [-0.1, -0.05) is 0 Å². The van der Waals surface area contributed by atoms with Gasteiger partial charge in [0.1, 0.15) is 0 Å². The average Bonchev–Trinajstić information content (AvgIpc) is 2.53. The van der Waals surface area contributed by atoms with Crippen molar-refractivity contribution >= 4 is 22.9 Å². The number of carbonyl (C=O) groups excluding carboxylic acids is 1. The Morgan fingerprint density at radius 3 is 2.82 bits per heavy atom. The molecule has 1 amide bonds. The highest BCUT2D eigenvalue weighted by Gasteiger charge is 2.26. The molecule has 7 nitrogen and oxygen atoms in total. The van der Waals surface area contributed by atoms with Crippen molar-refractivity contribution in [3.63, 3.8) is 0 Å². The predicted molar refractivity (Wildman–Crippen MR) is 77.4 cm³/mol. The molecule has 0 spiro atoms. The van der Waals surface area contributed by atoms with Crippen molar-refractivity contribution < 1.29 is 19.4 Å². The fourth-order valence-electron chi connectivity index (χ4n) is 2.50. The van der Waals surface area contributed by atoms with E-state index in [1.54, 1.807) is 35.5 Å². The summed E-state index contributed by atoms with van der Waals surface area (Å²) in [7, 11) is 0. The van der Waals surface area contributed by atoms with Crippen LogP contribution in [0.3, 0.4) is 0 Å². The van der Waals surface area contributed by atoms with Crippen LogP contribution in [0.5, 0.6) is 0 Å². The van der Waals surface area contributed by atoms with Gasteiger partial charge in [-0.05, 0) is 18.2 Å². The molecule has 0 saturated carbocycles. The van der Waals surface area contributed by atoms with Crippen molar-refractivity contribution in [3.8, 4) is 0 Å². The molecule has 22 heavy (non-hydrogen) atoms. The normalized spacial score (nSPS) is 18.4. The van der Waals surface area contributed by atoms with Gasteiger partial charge in [-0.25, -0.2) is 0 Å². The maximum absolute atomic E-state index is 12.5. The molecule has 0 aliphatic carbocycles. The Kier molecular flexibility index (Phi) is 3.97. The summed E-state index contributed by atoms with van der Waals surface area (Å²) >= 11 is 0. The highest BCUT2D eigenvalue weighted by molar-refractivity contribution is 5.97. The summed E-state index contributed by atoms with van der Waals surface area (Å²) in [4.78, 5) is 33.3. The van der Waals surface area contributed by atoms with Crippen LogP contribution in [0.15, 0.2) is 30.6 Å². The monoisotopic (exact) mass is 301 g/mol. The van der Waals surface area contributed by atoms with E-state index in [1.165, 1.54) is 0 Å². The van der Waals surface area contributed by atoms with Crippen LogP contribution >= 0.6 is 0 Å². The number of carbonyl (C=O) groups is 2. The van der Waals surface area contributed by atoms with Gasteiger partial charge >= 0.3 is 5.97 Å². The number of amides is 1. The standard InChI is InChI=1S/C15H15N3O4/c19-14(20)8-11-9-18(5-6-22-11)15(21)10-1-2-12-13(7-10)17-4-3-16-12/h1-4,7,11H,5-6,8-9H2,(H,19,20). The first-order valence-electron chi connectivity index (χ1n) is 6.97. The maximum Gasteiger partial charge on any atom is 0.306 e. The molecule has 1 unspecified atom stereocenters. The molecule has 1 aliphatic rings. The minimum atomic E-state index is -0.930. The lowest BCUT2D eigenvalue weighted by Crippen LogP contribution is -2.46. The van der Waals surface area contributed by atoms with Crippen molar-refractivity contribution in [1.29, 1.82) is 0 Å². The Morgan fingerprint density at radius 2 is 2.05 bits per heavy atom. The Balaban J connectivity index is 1.78. The van der Waals surface area contributed by atoms with Crippen LogP contribution in [-0.2, 0) is 9.53 Å². The van der Waals surface area contributed by atoms with Gasteiger partial charge in [0.25, 0.3) is 5.91 Å². The fourth-order valence-corrected chi connectivity index (χ4v) is 2.50. The molecular formula is C15H15N3O4. The first-order chi connectivity index (χ1) is 10.6. The lowest BCUT2D eigenvalue weighted by Gasteiger charge is -2.32. The van der Waals surface area contributed by atoms with Gasteiger partial charge in [-0.15, -0.1) is 0 Å². The molecule has 0 radical (unpaired) electrons. The second-order valence-corrected chi connectivity index (χ2v) is 5.10. The molecule has 1 N–H and O–H groups in total. The topological polar surface area (TPSA) is 92.6 Å². The summed E-state index contributed by atoms with van der Waals surface area (Å²) in [6.45, 7) is 1.08. The highest BCUT2D eigenvalue weighted by atomic mass is 16.5. The molecule has 1 saturated heterocycles. The molecule has 1 aromatic carbocycles. The molecule has 3 rings (SSSR count). The van der Waals surface area contributed by atoms with Gasteiger partial charge in [-0.2, -0.15) is 0 Å². The minimum Gasteiger partial charge on any atom is -0.481 e. The van der Waals surface area contributed by atoms with E-state index in [0.717, 1.165) is 5.52 Å². The molecule has 1 aliphatic heterocycles. The highest BCUT2D eigenvalue weighted by Crippen LogP contribution is 2.16. The van der Waals surface area contributed by atoms with E-state index in [-0.39, 0.29) is 18.9 Å². The summed E-state index contributed by atoms with van der Waals surface area (Å²) in [5, 5.41) is 8.83. The number of aliphatic carboxylic acids is 1. The molecule has 7 heteroatoms. The van der Waals surface area contributed by atoms with E-state index in [0.29, 0.717) is 24.2 Å². The molecule has 114 valence electrons. The lowest BCUT2D eigenvalue weighted by molar-refractivity contribution is -0.141. The van der Waals surface area contributed by atoms with E-state index >= 15 is 0 Å². The van der Waals surface area contributed by atoms with Crippen LogP contribution in [0.2, 0.25) is 0 Å². The van der Waals surface area contributed by atoms with Crippen LogP contribution in [0.4, 0.5) is 0 Å². The number of aromatic nitrogens is 2. The Bertz CT molecular complexity index is 719. The summed E-state index contributed by atoms with van der Waals surface area (Å²) in [6.07, 6.45) is 2.61. The van der Waals surface area contributed by atoms with Gasteiger partial charge in [0, 0.05) is 31.0 Å². The van der Waals surface area contributed by atoms with Crippen molar-refractivity contribution in [2.45, 2.75) is 12.5 Å². The Hall–Kier alpha value is -2.54. The second kappa shape index (κ2) is 6.07. The number of hydrogen-bond donors (Lipinski definition) is 1. The molecule has 1 atom stereocenters. The number of morpholine rings is 1. The van der Waals surface area contributed by atoms with Gasteiger partial charge < -0.3 is 14.7 Å². The van der Waals surface area contributed by atoms with Crippen LogP contribution < -0.4 is 0 Å². The number of carboxylic acids is 1. The maximum atomic E-state index is 12.5. The van der Waals surface area contributed by atoms with Crippen molar-refractivity contribution in [1.82, 2.24) is 14.9 Å². The van der Waals surface area contributed by atoms with E-state index in [2.05, 4.69) is 9.97 Å². The summed E-state index contributed by atoms with van der Waals surface area (Å²) < 4.78 is 5.38. The summed E-state index contributed by atoms with van der Waals surface area (Å²) in [5.41, 5.74) is 1.90. The van der Waals surface area contributed by atoms with Crippen LogP contribution in [0.25, 0.3) is 11.0 Å². The molecule has 1 fully saturated rings. The third-order valence-electron chi connectivity index (χ3n) is 3.54. The third-order valence-corrected chi connectivity index (χ3v) is 3.54. The van der Waals surface area contributed by atoms with Gasteiger partial charge in [0.05, 0.1) is 30.2 Å². The van der Waals surface area contributed by atoms with Crippen LogP contribution in [0, 0.1) is 0 Å². The van der Waals surface area contributed by atoms with Crippen molar-refractivity contribution in [3.05, 3.63) is 36.2 Å². The quantitative estimate of drug-likeness (QED) is 0.907. The zero-order chi connectivity index (χ0) is 15.5. The first-order valence-corrected chi connectivity index (χ1v) is 6.97. The SMILES string of the molecule is O=C(O)CC1CN(C(=O)c2ccc3nccnc3c2)CCO1. The molecule has 1 aromatic heterocycles. The number of rotatable bonds is 3. The van der Waals surface area contributed by atoms with Crippen molar-refractivity contribution in [2.75, 3.05) is 19.7 Å². The first kappa shape index (κ1) is 14.4. The zero-order valence-corrected chi connectivity index (χ0v) is 11.8.